The van der Waals surface area contributed by atoms with Gasteiger partial charge in [-0.3, -0.25) is 4.79 Å². The van der Waals surface area contributed by atoms with Crippen LogP contribution in [0.15, 0.2) is 17.6 Å². The molecular formula is C9H8N2OS2. The summed E-state index contributed by atoms with van der Waals surface area (Å²) in [6.45, 7) is 2.03. The Balaban J connectivity index is 2.09. The van der Waals surface area contributed by atoms with Gasteiger partial charge in [-0.1, -0.05) is 0 Å². The largest absolute Gasteiger partial charge is 0.292 e. The first-order chi connectivity index (χ1) is 6.75. The molecule has 0 unspecified atom stereocenters. The van der Waals surface area contributed by atoms with Crippen LogP contribution < -0.4 is 0 Å². The van der Waals surface area contributed by atoms with Gasteiger partial charge >= 0.3 is 0 Å². The fourth-order valence-electron chi connectivity index (χ4n) is 1.15. The summed E-state index contributed by atoms with van der Waals surface area (Å²) in [5.41, 5.74) is 1.53. The maximum atomic E-state index is 11.6. The van der Waals surface area contributed by atoms with Gasteiger partial charge in [-0.25, -0.2) is 0 Å². The van der Waals surface area contributed by atoms with E-state index in [1.165, 1.54) is 11.1 Å². The molecule has 0 saturated heterocycles. The van der Waals surface area contributed by atoms with Gasteiger partial charge in [0, 0.05) is 11.3 Å². The summed E-state index contributed by atoms with van der Waals surface area (Å²) in [6, 6.07) is 2.03. The highest BCUT2D eigenvalue weighted by atomic mass is 32.1. The lowest BCUT2D eigenvalue weighted by molar-refractivity contribution is 0.0989. The maximum absolute atomic E-state index is 11.6. The Kier molecular flexibility index (Phi) is 2.69. The van der Waals surface area contributed by atoms with E-state index in [9.17, 15) is 4.79 Å². The van der Waals surface area contributed by atoms with Crippen molar-refractivity contribution in [2.24, 2.45) is 0 Å². The standard InChI is InChI=1S/C9H8N2OS2/c1-6-2-7(5-13-6)3-9(12)8-4-10-14-11-8/h2,4-5H,3H2,1H3. The molecule has 3 nitrogen and oxygen atoms in total. The van der Waals surface area contributed by atoms with Crippen LogP contribution in [0.25, 0.3) is 0 Å². The molecule has 0 spiro atoms. The minimum Gasteiger partial charge on any atom is -0.292 e. The highest BCUT2D eigenvalue weighted by Crippen LogP contribution is 2.15. The predicted octanol–water partition coefficient (Wildman–Crippen LogP) is 2.33. The quantitative estimate of drug-likeness (QED) is 0.751. The molecule has 2 aromatic rings. The van der Waals surface area contributed by atoms with Crippen molar-refractivity contribution in [1.29, 1.82) is 0 Å². The van der Waals surface area contributed by atoms with Crippen molar-refractivity contribution in [1.82, 2.24) is 8.75 Å². The van der Waals surface area contributed by atoms with E-state index >= 15 is 0 Å². The number of thiophene rings is 1. The minimum absolute atomic E-state index is 0.0385. The topological polar surface area (TPSA) is 42.9 Å². The van der Waals surface area contributed by atoms with Crippen LogP contribution in [-0.4, -0.2) is 14.5 Å². The van der Waals surface area contributed by atoms with E-state index in [0.29, 0.717) is 12.1 Å². The van der Waals surface area contributed by atoms with Crippen LogP contribution in [0.4, 0.5) is 0 Å². The number of aryl methyl sites for hydroxylation is 1. The lowest BCUT2D eigenvalue weighted by Gasteiger charge is -1.92. The van der Waals surface area contributed by atoms with Crippen molar-refractivity contribution in [2.45, 2.75) is 13.3 Å². The third-order valence-corrected chi connectivity index (χ3v) is 3.18. The normalized spacial score (nSPS) is 10.4. The van der Waals surface area contributed by atoms with Gasteiger partial charge < -0.3 is 0 Å². The van der Waals surface area contributed by atoms with Crippen LogP contribution in [0.2, 0.25) is 0 Å². The molecule has 0 aliphatic rings. The fourth-order valence-corrected chi connectivity index (χ4v) is 2.29. The van der Waals surface area contributed by atoms with Gasteiger partial charge in [0.15, 0.2) is 5.78 Å². The molecule has 2 rings (SSSR count). The van der Waals surface area contributed by atoms with E-state index in [1.54, 1.807) is 11.3 Å². The molecule has 72 valence electrons. The van der Waals surface area contributed by atoms with Crippen LogP contribution in [-0.2, 0) is 6.42 Å². The molecule has 0 amide bonds. The zero-order valence-electron chi connectivity index (χ0n) is 7.56. The third-order valence-electron chi connectivity index (χ3n) is 1.80. The molecule has 2 aromatic heterocycles. The zero-order valence-corrected chi connectivity index (χ0v) is 9.19. The van der Waals surface area contributed by atoms with Crippen LogP contribution in [0.3, 0.4) is 0 Å². The first kappa shape index (κ1) is 9.48. The SMILES string of the molecule is Cc1cc(CC(=O)c2cnsn2)cs1. The predicted molar refractivity (Wildman–Crippen MR) is 57.0 cm³/mol. The van der Waals surface area contributed by atoms with Gasteiger partial charge in [0.2, 0.25) is 0 Å². The molecule has 2 heterocycles. The van der Waals surface area contributed by atoms with Gasteiger partial charge in [-0.05, 0) is 23.9 Å². The summed E-state index contributed by atoms with van der Waals surface area (Å²) in [4.78, 5) is 12.8. The summed E-state index contributed by atoms with van der Waals surface area (Å²) in [5.74, 6) is 0.0385. The van der Waals surface area contributed by atoms with Crippen molar-refractivity contribution in [3.05, 3.63) is 33.8 Å². The molecule has 0 saturated carbocycles. The lowest BCUT2D eigenvalue weighted by atomic mass is 10.1. The Bertz CT molecular complexity index is 433. The summed E-state index contributed by atoms with van der Waals surface area (Å²) >= 11 is 2.72. The molecule has 0 radical (unpaired) electrons. The second kappa shape index (κ2) is 3.98. The second-order valence-electron chi connectivity index (χ2n) is 2.96. The van der Waals surface area contributed by atoms with Gasteiger partial charge in [-0.2, -0.15) is 8.75 Å². The van der Waals surface area contributed by atoms with Crippen molar-refractivity contribution >= 4 is 28.8 Å². The second-order valence-corrected chi connectivity index (χ2v) is 4.63. The van der Waals surface area contributed by atoms with Crippen LogP contribution >= 0.6 is 23.1 Å². The Hall–Kier alpha value is -1.07. The molecule has 0 aromatic carbocycles. The van der Waals surface area contributed by atoms with Crippen LogP contribution in [0.1, 0.15) is 20.9 Å². The Morgan fingerprint density at radius 1 is 1.57 bits per heavy atom. The molecule has 0 bridgehead atoms. The monoisotopic (exact) mass is 224 g/mol. The van der Waals surface area contributed by atoms with E-state index in [-0.39, 0.29) is 5.78 Å². The number of carbonyl (C=O) groups is 1. The lowest BCUT2D eigenvalue weighted by Crippen LogP contribution is -2.02. The van der Waals surface area contributed by atoms with Crippen molar-refractivity contribution in [3.63, 3.8) is 0 Å². The summed E-state index contributed by atoms with van der Waals surface area (Å²) < 4.78 is 7.71. The molecule has 0 N–H and O–H groups in total. The van der Waals surface area contributed by atoms with E-state index < -0.39 is 0 Å². The van der Waals surface area contributed by atoms with E-state index in [0.717, 1.165) is 17.3 Å². The van der Waals surface area contributed by atoms with E-state index in [1.807, 2.05) is 18.4 Å². The minimum atomic E-state index is 0.0385. The molecule has 0 fully saturated rings. The first-order valence-electron chi connectivity index (χ1n) is 4.10. The maximum Gasteiger partial charge on any atom is 0.188 e. The summed E-state index contributed by atoms with van der Waals surface area (Å²) in [5, 5.41) is 2.01. The zero-order chi connectivity index (χ0) is 9.97. The number of carbonyl (C=O) groups excluding carboxylic acids is 1. The first-order valence-corrected chi connectivity index (χ1v) is 5.71. The van der Waals surface area contributed by atoms with E-state index in [2.05, 4.69) is 8.75 Å². The van der Waals surface area contributed by atoms with Crippen LogP contribution in [0, 0.1) is 6.92 Å². The summed E-state index contributed by atoms with van der Waals surface area (Å²) in [6.07, 6.45) is 1.95. The molecule has 0 aliphatic carbocycles. The Labute approximate surface area is 89.7 Å². The van der Waals surface area contributed by atoms with Crippen molar-refractivity contribution in [2.75, 3.05) is 0 Å². The number of hydrogen-bond donors (Lipinski definition) is 0. The summed E-state index contributed by atoms with van der Waals surface area (Å²) in [7, 11) is 0. The average Bonchev–Trinajstić information content (AvgIpc) is 2.75. The average molecular weight is 224 g/mol. The third kappa shape index (κ3) is 2.05. The Morgan fingerprint density at radius 2 is 2.43 bits per heavy atom. The number of rotatable bonds is 3. The van der Waals surface area contributed by atoms with Gasteiger partial charge in [0.1, 0.15) is 5.69 Å². The number of aromatic nitrogens is 2. The fraction of sp³-hybridized carbons (Fsp3) is 0.222. The van der Waals surface area contributed by atoms with Crippen LogP contribution in [0.5, 0.6) is 0 Å². The van der Waals surface area contributed by atoms with E-state index in [4.69, 9.17) is 0 Å². The number of Topliss-reactive ketones (excluding diaryl/α,β-unsaturated/α-hetero) is 1. The molecule has 0 aliphatic heterocycles. The van der Waals surface area contributed by atoms with Crippen molar-refractivity contribution < 1.29 is 4.79 Å². The molecular weight excluding hydrogens is 216 g/mol. The van der Waals surface area contributed by atoms with Gasteiger partial charge in [0.25, 0.3) is 0 Å². The highest BCUT2D eigenvalue weighted by Gasteiger charge is 2.10. The molecule has 0 atom stereocenters. The van der Waals surface area contributed by atoms with Gasteiger partial charge in [0.05, 0.1) is 17.9 Å². The van der Waals surface area contributed by atoms with Crippen molar-refractivity contribution in [3.8, 4) is 0 Å². The van der Waals surface area contributed by atoms with Gasteiger partial charge in [-0.15, -0.1) is 11.3 Å². The smallest absolute Gasteiger partial charge is 0.188 e. The number of ketones is 1. The highest BCUT2D eigenvalue weighted by molar-refractivity contribution is 7.10. The number of hydrogen-bond acceptors (Lipinski definition) is 5. The number of nitrogens with zero attached hydrogens (tertiary/aromatic N) is 2. The Morgan fingerprint density at radius 3 is 3.00 bits per heavy atom. The molecule has 5 heteroatoms. The molecule has 14 heavy (non-hydrogen) atoms.